The van der Waals surface area contributed by atoms with E-state index in [1.165, 1.54) is 5.32 Å². The van der Waals surface area contributed by atoms with E-state index in [2.05, 4.69) is 5.32 Å². The number of amides is 3. The smallest absolute Gasteiger partial charge is 0.395 e. The van der Waals surface area contributed by atoms with Crippen molar-refractivity contribution in [3.63, 3.8) is 0 Å². The van der Waals surface area contributed by atoms with E-state index in [4.69, 9.17) is 15.3 Å². The highest BCUT2D eigenvalue weighted by Gasteiger charge is 2.48. The maximum atomic E-state index is 12.0. The molecule has 0 aromatic heterocycles. The van der Waals surface area contributed by atoms with Crippen LogP contribution in [0.25, 0.3) is 0 Å². The van der Waals surface area contributed by atoms with Gasteiger partial charge in [-0.2, -0.15) is 22.0 Å². The van der Waals surface area contributed by atoms with E-state index in [0.29, 0.717) is 23.5 Å². The van der Waals surface area contributed by atoms with E-state index in [9.17, 15) is 86.7 Å². The van der Waals surface area contributed by atoms with Crippen LogP contribution in [-0.2, 0) is 14.4 Å². The largest absolute Gasteiger partial charge is 0.471 e. The van der Waals surface area contributed by atoms with Crippen molar-refractivity contribution in [2.45, 2.75) is 99.4 Å². The highest BCUT2D eigenvalue weighted by atomic mass is 32.2. The van der Waals surface area contributed by atoms with Crippen LogP contribution in [0, 0.1) is 0 Å². The molecule has 0 aliphatic carbocycles. The SMILES string of the molecule is O=C(CF)NC1[C@H](O)SC(CO)[C@@H](O)[C@@H]1O.O=C(NC1[C@H](O)SC(CO)[C@@H](O)[C@@H]1O)C(F)(F)F.O=C(NC1[C@H](O)SC(CO)[C@@H](O)[C@@H]1O)C(F)F.[HH].[HH].[HH]. The summed E-state index contributed by atoms with van der Waals surface area (Å²) in [6, 6.07) is -4.22. The van der Waals surface area contributed by atoms with E-state index in [-0.39, 0.29) is 4.28 Å². The number of halogens is 6. The van der Waals surface area contributed by atoms with Crippen LogP contribution in [0.3, 0.4) is 0 Å². The monoisotopic (exact) mass is 825 g/mol. The van der Waals surface area contributed by atoms with Gasteiger partial charge < -0.3 is 77.2 Å². The summed E-state index contributed by atoms with van der Waals surface area (Å²) in [7, 11) is 0. The van der Waals surface area contributed by atoms with Gasteiger partial charge in [0.05, 0.1) is 72.0 Å². The van der Waals surface area contributed by atoms with Gasteiger partial charge >= 0.3 is 18.5 Å². The van der Waals surface area contributed by atoms with Crippen LogP contribution in [0.2, 0.25) is 0 Å². The van der Waals surface area contributed by atoms with Gasteiger partial charge in [0.15, 0.2) is 6.67 Å². The zero-order chi connectivity index (χ0) is 39.5. The summed E-state index contributed by atoms with van der Waals surface area (Å²) >= 11 is 2.09. The third kappa shape index (κ3) is 13.4. The first kappa shape index (κ1) is 47.6. The van der Waals surface area contributed by atoms with Crippen molar-refractivity contribution >= 4 is 53.0 Å². The lowest BCUT2D eigenvalue weighted by Gasteiger charge is -2.39. The summed E-state index contributed by atoms with van der Waals surface area (Å²) < 4.78 is 72.0. The number of rotatable bonds is 8. The molecule has 3 rings (SSSR count). The van der Waals surface area contributed by atoms with Crippen molar-refractivity contribution in [3.05, 3.63) is 0 Å². The van der Waals surface area contributed by atoms with Crippen LogP contribution in [0.4, 0.5) is 26.3 Å². The van der Waals surface area contributed by atoms with Crippen LogP contribution in [-0.4, -0.2) is 205 Å². The molecule has 27 heteroatoms. The first-order valence-electron chi connectivity index (χ1n) is 14.3. The second-order valence-corrected chi connectivity index (χ2v) is 14.8. The molecule has 3 saturated heterocycles. The summed E-state index contributed by atoms with van der Waals surface area (Å²) in [5.74, 6) is -4.93. The van der Waals surface area contributed by atoms with Crippen LogP contribution in [0.5, 0.6) is 0 Å². The van der Waals surface area contributed by atoms with Gasteiger partial charge in [0.25, 0.3) is 11.8 Å². The summed E-state index contributed by atoms with van der Waals surface area (Å²) in [6.45, 7) is -2.74. The number of thioether (sulfide) groups is 3. The number of hydrogen-bond donors (Lipinski definition) is 15. The molecule has 3 aliphatic rings. The van der Waals surface area contributed by atoms with Crippen molar-refractivity contribution in [1.29, 1.82) is 0 Å². The van der Waals surface area contributed by atoms with Crippen molar-refractivity contribution in [2.75, 3.05) is 26.5 Å². The number of aliphatic hydroxyl groups excluding tert-OH is 12. The predicted octanol–water partition coefficient (Wildman–Crippen LogP) is -5.61. The molecular formula is C24H45F6N3O15S3. The highest BCUT2D eigenvalue weighted by Crippen LogP contribution is 2.33. The Morgan fingerprint density at radius 2 is 0.902 bits per heavy atom. The van der Waals surface area contributed by atoms with Crippen LogP contribution < -0.4 is 16.0 Å². The van der Waals surface area contributed by atoms with Crippen molar-refractivity contribution < 1.29 is 106 Å². The Balaban J connectivity index is -0.000000704. The number of hydrogen-bond acceptors (Lipinski definition) is 18. The number of nitrogens with one attached hydrogen (secondary N) is 3. The summed E-state index contributed by atoms with van der Waals surface area (Å²) in [5.41, 5.74) is -4.15. The minimum Gasteiger partial charge on any atom is -0.395 e. The third-order valence-electron chi connectivity index (χ3n) is 7.21. The Hall–Kier alpha value is -1.44. The van der Waals surface area contributed by atoms with Gasteiger partial charge in [-0.3, -0.25) is 14.4 Å². The lowest BCUT2D eigenvalue weighted by atomic mass is 10.0. The fraction of sp³-hybridized carbons (Fsp3) is 0.875. The molecule has 0 aromatic rings. The first-order valence-corrected chi connectivity index (χ1v) is 17.1. The molecule has 18 nitrogen and oxygen atoms in total. The van der Waals surface area contributed by atoms with E-state index >= 15 is 0 Å². The number of aliphatic hydroxyl groups is 12. The molecule has 3 fully saturated rings. The zero-order valence-corrected chi connectivity index (χ0v) is 28.1. The topological polar surface area (TPSA) is 330 Å². The van der Waals surface area contributed by atoms with Gasteiger partial charge in [-0.05, 0) is 0 Å². The fourth-order valence-corrected chi connectivity index (χ4v) is 7.94. The molecule has 306 valence electrons. The van der Waals surface area contributed by atoms with E-state index in [1.54, 1.807) is 5.32 Å². The number of carbonyl (C=O) groups is 3. The van der Waals surface area contributed by atoms with Gasteiger partial charge in [-0.25, -0.2) is 4.39 Å². The lowest BCUT2D eigenvalue weighted by Crippen LogP contribution is -2.62. The fourth-order valence-electron chi connectivity index (χ4n) is 4.44. The normalized spacial score (nSPS) is 38.3. The molecule has 51 heavy (non-hydrogen) atoms. The summed E-state index contributed by atoms with van der Waals surface area (Å²) in [5, 5.41) is 115. The number of carbonyl (C=O) groups excluding carboxylic acids is 3. The molecule has 6 unspecified atom stereocenters. The molecule has 0 spiro atoms. The van der Waals surface area contributed by atoms with Crippen LogP contribution >= 0.6 is 35.3 Å². The lowest BCUT2D eigenvalue weighted by molar-refractivity contribution is -0.176. The molecular weight excluding hydrogens is 780 g/mol. The van der Waals surface area contributed by atoms with Crippen molar-refractivity contribution in [2.24, 2.45) is 0 Å². The summed E-state index contributed by atoms with van der Waals surface area (Å²) in [6.07, 6.45) is -17.5. The van der Waals surface area contributed by atoms with E-state index < -0.39 is 144 Å². The second kappa shape index (κ2) is 21.4. The Labute approximate surface area is 301 Å². The van der Waals surface area contributed by atoms with E-state index in [1.807, 2.05) is 0 Å². The van der Waals surface area contributed by atoms with Crippen LogP contribution in [0.1, 0.15) is 4.28 Å². The zero-order valence-electron chi connectivity index (χ0n) is 25.6. The van der Waals surface area contributed by atoms with Crippen molar-refractivity contribution in [1.82, 2.24) is 16.0 Å². The molecule has 3 aliphatic heterocycles. The average molecular weight is 826 g/mol. The average Bonchev–Trinajstić information content (AvgIpc) is 3.07. The minimum absolute atomic E-state index is 0. The molecule has 0 saturated carbocycles. The number of alkyl halides is 6. The maximum absolute atomic E-state index is 12.0. The van der Waals surface area contributed by atoms with Gasteiger partial charge in [0.2, 0.25) is 0 Å². The second-order valence-electron chi connectivity index (χ2n) is 10.7. The molecule has 0 bridgehead atoms. The maximum Gasteiger partial charge on any atom is 0.471 e. The Kier molecular flexibility index (Phi) is 20.0. The molecule has 0 radical (unpaired) electrons. The molecule has 3 amide bonds. The Morgan fingerprint density at radius 1 is 0.588 bits per heavy atom. The first-order chi connectivity index (χ1) is 23.6. The summed E-state index contributed by atoms with van der Waals surface area (Å²) in [4.78, 5) is 32.2. The van der Waals surface area contributed by atoms with Gasteiger partial charge in [-0.15, -0.1) is 35.3 Å². The Morgan fingerprint density at radius 3 is 1.18 bits per heavy atom. The Bertz CT molecular complexity index is 1130. The molecule has 0 aromatic carbocycles. The van der Waals surface area contributed by atoms with Gasteiger partial charge in [0, 0.05) is 4.28 Å². The predicted molar refractivity (Wildman–Crippen MR) is 170 cm³/mol. The molecule has 15 N–H and O–H groups in total. The van der Waals surface area contributed by atoms with Gasteiger partial charge in [-0.1, -0.05) is 0 Å². The molecule has 15 atom stereocenters. The quantitative estimate of drug-likeness (QED) is 0.101. The standard InChI is InChI=1S/C8H12F3NO5S.C8H13F2NO5S.C8H14FNO5S.3H2/c9-8(10,11)7(17)12-3-5(15)4(14)2(1-13)18-6(3)16;9-6(10)7(15)11-3-5(14)4(13)2(1-12)17-8(3)16;9-1-4(12)10-5-7(14)6(13)3(2-11)16-8(5)15;;;/h2-6,13-16H,1H2,(H,12,17);2-6,8,12-14,16H,1H2,(H,11,15);3,5-8,11,13-15H,1-2H2,(H,10,12);3*1H/t2?,3?,4-,5-,6-;2?,3?,4-,5-,8-;3?,5?,6-,7-,8-;;;/m111.../s1. The van der Waals surface area contributed by atoms with Gasteiger partial charge in [0.1, 0.15) is 34.6 Å². The van der Waals surface area contributed by atoms with Crippen molar-refractivity contribution in [3.8, 4) is 0 Å². The highest BCUT2D eigenvalue weighted by molar-refractivity contribution is 8.01. The third-order valence-corrected chi connectivity index (χ3v) is 11.3. The van der Waals surface area contributed by atoms with E-state index in [0.717, 1.165) is 11.8 Å². The molecule has 3 heterocycles. The minimum atomic E-state index is -5.15. The van der Waals surface area contributed by atoms with Crippen LogP contribution in [0.15, 0.2) is 0 Å².